The van der Waals surface area contributed by atoms with E-state index in [0.717, 1.165) is 12.1 Å². The van der Waals surface area contributed by atoms with Gasteiger partial charge in [-0.05, 0) is 30.3 Å². The molecule has 2 aromatic carbocycles. The van der Waals surface area contributed by atoms with E-state index in [1.807, 2.05) is 0 Å². The molecule has 0 aliphatic rings. The van der Waals surface area contributed by atoms with E-state index in [-0.39, 0.29) is 17.2 Å². The Morgan fingerprint density at radius 3 is 2.30 bits per heavy atom. The molecule has 7 heteroatoms. The first kappa shape index (κ1) is 16.5. The maximum Gasteiger partial charge on any atom is 0.417 e. The molecule has 0 saturated heterocycles. The van der Waals surface area contributed by atoms with E-state index < -0.39 is 23.2 Å². The van der Waals surface area contributed by atoms with Crippen molar-refractivity contribution in [2.45, 2.75) is 6.18 Å². The number of alkyl halides is 3. The predicted octanol–water partition coefficient (Wildman–Crippen LogP) is 3.32. The molecule has 0 heterocycles. The summed E-state index contributed by atoms with van der Waals surface area (Å²) >= 11 is 0. The molecule has 0 aliphatic heterocycles. The summed E-state index contributed by atoms with van der Waals surface area (Å²) in [5.41, 5.74) is -0.979. The lowest BCUT2D eigenvalue weighted by molar-refractivity contribution is -0.137. The molecule has 120 valence electrons. The van der Waals surface area contributed by atoms with E-state index in [9.17, 15) is 22.8 Å². The molecule has 2 N–H and O–H groups in total. The molecule has 2 rings (SSSR count). The predicted molar refractivity (Wildman–Crippen MR) is 79.2 cm³/mol. The summed E-state index contributed by atoms with van der Waals surface area (Å²) in [4.78, 5) is 23.7. The number of benzene rings is 2. The van der Waals surface area contributed by atoms with Crippen LogP contribution in [0.3, 0.4) is 0 Å². The Balaban J connectivity index is 2.29. The van der Waals surface area contributed by atoms with Crippen molar-refractivity contribution in [3.63, 3.8) is 0 Å². The normalized spacial score (nSPS) is 11.0. The maximum absolute atomic E-state index is 12.9. The quantitative estimate of drug-likeness (QED) is 0.911. The number of anilines is 1. The van der Waals surface area contributed by atoms with Gasteiger partial charge in [-0.3, -0.25) is 9.59 Å². The van der Waals surface area contributed by atoms with E-state index >= 15 is 0 Å². The topological polar surface area (TPSA) is 58.2 Å². The Bertz CT molecular complexity index is 742. The van der Waals surface area contributed by atoms with Gasteiger partial charge in [-0.15, -0.1) is 0 Å². The zero-order chi connectivity index (χ0) is 17.0. The largest absolute Gasteiger partial charge is 0.417 e. The van der Waals surface area contributed by atoms with Gasteiger partial charge in [0.05, 0.1) is 11.1 Å². The highest BCUT2D eigenvalue weighted by Crippen LogP contribution is 2.32. The lowest BCUT2D eigenvalue weighted by Gasteiger charge is -2.13. The van der Waals surface area contributed by atoms with Gasteiger partial charge < -0.3 is 10.6 Å². The van der Waals surface area contributed by atoms with Crippen molar-refractivity contribution in [1.29, 1.82) is 0 Å². The summed E-state index contributed by atoms with van der Waals surface area (Å²) in [6.45, 7) is 0. The average Bonchev–Trinajstić information content (AvgIpc) is 2.53. The minimum absolute atomic E-state index is 0.230. The Hall–Kier alpha value is -2.83. The molecule has 0 aliphatic carbocycles. The third-order valence-electron chi connectivity index (χ3n) is 3.09. The van der Waals surface area contributed by atoms with Crippen LogP contribution in [0, 0.1) is 0 Å². The molecular weight excluding hydrogens is 309 g/mol. The van der Waals surface area contributed by atoms with Gasteiger partial charge in [0.15, 0.2) is 0 Å². The van der Waals surface area contributed by atoms with Crippen LogP contribution in [0.4, 0.5) is 18.9 Å². The molecule has 0 saturated carbocycles. The Morgan fingerprint density at radius 2 is 1.65 bits per heavy atom. The van der Waals surface area contributed by atoms with Gasteiger partial charge in [0.1, 0.15) is 0 Å². The number of hydrogen-bond donors (Lipinski definition) is 2. The number of hydrogen-bond acceptors (Lipinski definition) is 2. The van der Waals surface area contributed by atoms with Crippen LogP contribution in [-0.4, -0.2) is 18.9 Å². The number of rotatable bonds is 3. The second-order valence-electron chi connectivity index (χ2n) is 4.66. The van der Waals surface area contributed by atoms with E-state index in [1.54, 1.807) is 0 Å². The third kappa shape index (κ3) is 3.88. The van der Waals surface area contributed by atoms with Crippen LogP contribution in [-0.2, 0) is 6.18 Å². The van der Waals surface area contributed by atoms with Crippen LogP contribution < -0.4 is 10.6 Å². The Kier molecular flexibility index (Phi) is 4.68. The first-order valence-corrected chi connectivity index (χ1v) is 6.62. The van der Waals surface area contributed by atoms with Gasteiger partial charge >= 0.3 is 6.18 Å². The molecule has 4 nitrogen and oxygen atoms in total. The number of carbonyl (C=O) groups excluding carboxylic acids is 2. The summed E-state index contributed by atoms with van der Waals surface area (Å²) < 4.78 is 38.8. The summed E-state index contributed by atoms with van der Waals surface area (Å²) in [7, 11) is 1.45. The third-order valence-corrected chi connectivity index (χ3v) is 3.09. The minimum atomic E-state index is -4.63. The van der Waals surface area contributed by atoms with Gasteiger partial charge in [-0.1, -0.05) is 18.2 Å². The number of carbonyl (C=O) groups is 2. The number of halogens is 3. The summed E-state index contributed by atoms with van der Waals surface area (Å²) in [6.07, 6.45) is -4.63. The standard InChI is InChI=1S/C16H13F3N2O2/c1-20-14(22)10-5-4-6-11(9-10)21-15(23)12-7-2-3-8-13(12)16(17,18)19/h2-9H,1H3,(H,20,22)(H,21,23). The molecule has 0 unspecified atom stereocenters. The van der Waals surface area contributed by atoms with Crippen LogP contribution in [0.25, 0.3) is 0 Å². The molecule has 0 aromatic heterocycles. The van der Waals surface area contributed by atoms with E-state index in [2.05, 4.69) is 10.6 Å². The van der Waals surface area contributed by atoms with Crippen molar-refractivity contribution in [2.24, 2.45) is 0 Å². The average molecular weight is 322 g/mol. The van der Waals surface area contributed by atoms with E-state index in [1.165, 1.54) is 43.4 Å². The van der Waals surface area contributed by atoms with E-state index in [0.29, 0.717) is 0 Å². The lowest BCUT2D eigenvalue weighted by Crippen LogP contribution is -2.20. The molecule has 0 atom stereocenters. The van der Waals surface area contributed by atoms with Crippen molar-refractivity contribution in [1.82, 2.24) is 5.32 Å². The first-order valence-electron chi connectivity index (χ1n) is 6.62. The van der Waals surface area contributed by atoms with Crippen molar-refractivity contribution >= 4 is 17.5 Å². The molecular formula is C16H13F3N2O2. The summed E-state index contributed by atoms with van der Waals surface area (Å²) in [6, 6.07) is 10.4. The zero-order valence-electron chi connectivity index (χ0n) is 12.1. The second-order valence-corrected chi connectivity index (χ2v) is 4.66. The Labute approximate surface area is 130 Å². The van der Waals surface area contributed by atoms with Crippen LogP contribution in [0.1, 0.15) is 26.3 Å². The van der Waals surface area contributed by atoms with Gasteiger partial charge in [0, 0.05) is 18.3 Å². The fraction of sp³-hybridized carbons (Fsp3) is 0.125. The molecule has 0 bridgehead atoms. The number of amides is 2. The molecule has 0 fully saturated rings. The zero-order valence-corrected chi connectivity index (χ0v) is 12.1. The van der Waals surface area contributed by atoms with Crippen molar-refractivity contribution < 1.29 is 22.8 Å². The van der Waals surface area contributed by atoms with Gasteiger partial charge in [0.25, 0.3) is 11.8 Å². The highest BCUT2D eigenvalue weighted by atomic mass is 19.4. The second kappa shape index (κ2) is 6.51. The van der Waals surface area contributed by atoms with Crippen LogP contribution in [0.15, 0.2) is 48.5 Å². The van der Waals surface area contributed by atoms with Crippen molar-refractivity contribution in [3.05, 3.63) is 65.2 Å². The highest BCUT2D eigenvalue weighted by molar-refractivity contribution is 6.06. The van der Waals surface area contributed by atoms with Crippen LogP contribution >= 0.6 is 0 Å². The van der Waals surface area contributed by atoms with Gasteiger partial charge in [-0.25, -0.2) is 0 Å². The minimum Gasteiger partial charge on any atom is -0.355 e. The fourth-order valence-corrected chi connectivity index (χ4v) is 2.01. The Morgan fingerprint density at radius 1 is 0.957 bits per heavy atom. The molecule has 2 amide bonds. The maximum atomic E-state index is 12.9. The van der Waals surface area contributed by atoms with Crippen LogP contribution in [0.5, 0.6) is 0 Å². The van der Waals surface area contributed by atoms with Crippen LogP contribution in [0.2, 0.25) is 0 Å². The van der Waals surface area contributed by atoms with Crippen molar-refractivity contribution in [3.8, 4) is 0 Å². The van der Waals surface area contributed by atoms with E-state index in [4.69, 9.17) is 0 Å². The van der Waals surface area contributed by atoms with Gasteiger partial charge in [-0.2, -0.15) is 13.2 Å². The lowest BCUT2D eigenvalue weighted by atomic mass is 10.1. The highest BCUT2D eigenvalue weighted by Gasteiger charge is 2.34. The van der Waals surface area contributed by atoms with Crippen molar-refractivity contribution in [2.75, 3.05) is 12.4 Å². The SMILES string of the molecule is CNC(=O)c1cccc(NC(=O)c2ccccc2C(F)(F)F)c1. The fourth-order valence-electron chi connectivity index (χ4n) is 2.01. The smallest absolute Gasteiger partial charge is 0.355 e. The summed E-state index contributed by atoms with van der Waals surface area (Å²) in [5.74, 6) is -1.26. The monoisotopic (exact) mass is 322 g/mol. The molecule has 2 aromatic rings. The molecule has 0 radical (unpaired) electrons. The molecule has 23 heavy (non-hydrogen) atoms. The molecule has 0 spiro atoms. The number of nitrogens with one attached hydrogen (secondary N) is 2. The first-order chi connectivity index (χ1) is 10.8. The van der Waals surface area contributed by atoms with Gasteiger partial charge in [0.2, 0.25) is 0 Å². The summed E-state index contributed by atoms with van der Waals surface area (Å²) in [5, 5.41) is 4.79.